The van der Waals surface area contributed by atoms with Gasteiger partial charge in [-0.15, -0.1) is 0 Å². The zero-order valence-corrected chi connectivity index (χ0v) is 18.3. The Balaban J connectivity index is 1.68. The van der Waals surface area contributed by atoms with Gasteiger partial charge in [0.2, 0.25) is 5.91 Å². The number of benzene rings is 3. The molecule has 160 valence electrons. The molecule has 3 aromatic carbocycles. The van der Waals surface area contributed by atoms with E-state index in [1.54, 1.807) is 19.0 Å². The number of aryl methyl sites for hydroxylation is 1. The second kappa shape index (κ2) is 10.5. The predicted molar refractivity (Wildman–Crippen MR) is 125 cm³/mol. The van der Waals surface area contributed by atoms with Crippen LogP contribution in [0.4, 0.5) is 5.69 Å². The van der Waals surface area contributed by atoms with E-state index in [-0.39, 0.29) is 11.8 Å². The van der Waals surface area contributed by atoms with E-state index in [1.165, 1.54) is 0 Å². The lowest BCUT2D eigenvalue weighted by Crippen LogP contribution is -2.34. The molecule has 0 aliphatic rings. The van der Waals surface area contributed by atoms with E-state index in [2.05, 4.69) is 10.6 Å². The monoisotopic (exact) mass is 415 g/mol. The van der Waals surface area contributed by atoms with Crippen molar-refractivity contribution in [3.8, 4) is 0 Å². The van der Waals surface area contributed by atoms with Crippen molar-refractivity contribution >= 4 is 17.5 Å². The second-order valence-corrected chi connectivity index (χ2v) is 7.80. The summed E-state index contributed by atoms with van der Waals surface area (Å²) in [7, 11) is 3.49. The number of hydrogen-bond donors (Lipinski definition) is 2. The third kappa shape index (κ3) is 6.27. The standard InChI is InChI=1S/C26H29N3O2/c1-19-12-14-23(15-13-19)28-25(30)24(21-9-5-4-6-10-21)27-17-16-20-8-7-11-22(18-20)26(31)29(2)3/h4-15,18,24,27H,16-17H2,1-3H3,(H,28,30). The molecule has 2 amide bonds. The Kier molecular flexibility index (Phi) is 7.57. The van der Waals surface area contributed by atoms with E-state index >= 15 is 0 Å². The molecule has 0 fully saturated rings. The molecule has 1 atom stereocenters. The van der Waals surface area contributed by atoms with Crippen molar-refractivity contribution in [2.45, 2.75) is 19.4 Å². The van der Waals surface area contributed by atoms with Crippen LogP contribution in [-0.4, -0.2) is 37.4 Å². The van der Waals surface area contributed by atoms with Crippen LogP contribution in [0.1, 0.15) is 33.1 Å². The zero-order valence-electron chi connectivity index (χ0n) is 18.3. The summed E-state index contributed by atoms with van der Waals surface area (Å²) < 4.78 is 0. The Labute approximate surface area is 184 Å². The molecule has 0 heterocycles. The van der Waals surface area contributed by atoms with Gasteiger partial charge in [-0.1, -0.05) is 60.2 Å². The van der Waals surface area contributed by atoms with Crippen molar-refractivity contribution in [3.63, 3.8) is 0 Å². The van der Waals surface area contributed by atoms with Crippen LogP contribution in [0.3, 0.4) is 0 Å². The highest BCUT2D eigenvalue weighted by Gasteiger charge is 2.20. The number of hydrogen-bond acceptors (Lipinski definition) is 3. The van der Waals surface area contributed by atoms with Gasteiger partial charge in [-0.2, -0.15) is 0 Å². The number of nitrogens with zero attached hydrogens (tertiary/aromatic N) is 1. The van der Waals surface area contributed by atoms with Gasteiger partial charge in [-0.3, -0.25) is 9.59 Å². The van der Waals surface area contributed by atoms with Gasteiger partial charge >= 0.3 is 0 Å². The Morgan fingerprint density at radius 1 is 0.903 bits per heavy atom. The molecule has 0 bridgehead atoms. The van der Waals surface area contributed by atoms with Gasteiger partial charge in [0.15, 0.2) is 0 Å². The zero-order chi connectivity index (χ0) is 22.2. The van der Waals surface area contributed by atoms with Crippen LogP contribution >= 0.6 is 0 Å². The molecule has 5 heteroatoms. The lowest BCUT2D eigenvalue weighted by atomic mass is 10.0. The van der Waals surface area contributed by atoms with Crippen molar-refractivity contribution in [1.29, 1.82) is 0 Å². The van der Waals surface area contributed by atoms with E-state index < -0.39 is 6.04 Å². The van der Waals surface area contributed by atoms with E-state index in [0.717, 1.165) is 22.4 Å². The topological polar surface area (TPSA) is 61.4 Å². The number of rotatable bonds is 8. The lowest BCUT2D eigenvalue weighted by molar-refractivity contribution is -0.118. The van der Waals surface area contributed by atoms with Crippen LogP contribution in [-0.2, 0) is 11.2 Å². The van der Waals surface area contributed by atoms with E-state index in [1.807, 2.05) is 85.8 Å². The third-order valence-corrected chi connectivity index (χ3v) is 5.06. The summed E-state index contributed by atoms with van der Waals surface area (Å²) in [6.45, 7) is 2.61. The van der Waals surface area contributed by atoms with E-state index in [9.17, 15) is 9.59 Å². The van der Waals surface area contributed by atoms with Gasteiger partial charge in [-0.05, 0) is 48.7 Å². The Morgan fingerprint density at radius 2 is 1.61 bits per heavy atom. The molecule has 0 aliphatic carbocycles. The molecular formula is C26H29N3O2. The summed E-state index contributed by atoms with van der Waals surface area (Å²) >= 11 is 0. The van der Waals surface area contributed by atoms with Crippen molar-refractivity contribution < 1.29 is 9.59 Å². The smallest absolute Gasteiger partial charge is 0.253 e. The summed E-state index contributed by atoms with van der Waals surface area (Å²) in [6.07, 6.45) is 0.704. The van der Waals surface area contributed by atoms with Crippen molar-refractivity contribution in [1.82, 2.24) is 10.2 Å². The van der Waals surface area contributed by atoms with Crippen LogP contribution < -0.4 is 10.6 Å². The molecule has 0 aromatic heterocycles. The highest BCUT2D eigenvalue weighted by atomic mass is 16.2. The lowest BCUT2D eigenvalue weighted by Gasteiger charge is -2.19. The normalized spacial score (nSPS) is 11.6. The first-order valence-electron chi connectivity index (χ1n) is 10.4. The first-order chi connectivity index (χ1) is 14.9. The average Bonchev–Trinajstić information content (AvgIpc) is 2.78. The van der Waals surface area contributed by atoms with Crippen molar-refractivity contribution in [2.24, 2.45) is 0 Å². The fourth-order valence-corrected chi connectivity index (χ4v) is 3.34. The largest absolute Gasteiger partial charge is 0.345 e. The molecule has 3 rings (SSSR count). The van der Waals surface area contributed by atoms with Crippen molar-refractivity contribution in [2.75, 3.05) is 26.0 Å². The Morgan fingerprint density at radius 3 is 2.29 bits per heavy atom. The Hall–Kier alpha value is -3.44. The first kappa shape index (κ1) is 22.2. The highest BCUT2D eigenvalue weighted by Crippen LogP contribution is 2.17. The molecule has 5 nitrogen and oxygen atoms in total. The molecule has 1 unspecified atom stereocenters. The molecule has 0 radical (unpaired) electrons. The van der Waals surface area contributed by atoms with E-state index in [4.69, 9.17) is 0 Å². The molecule has 3 aromatic rings. The Bertz CT molecular complexity index is 1010. The van der Waals surface area contributed by atoms with Gasteiger partial charge in [-0.25, -0.2) is 0 Å². The van der Waals surface area contributed by atoms with Crippen LogP contribution in [0.2, 0.25) is 0 Å². The fraction of sp³-hybridized carbons (Fsp3) is 0.231. The summed E-state index contributed by atoms with van der Waals surface area (Å²) in [5.41, 5.74) is 4.53. The summed E-state index contributed by atoms with van der Waals surface area (Å²) in [5, 5.41) is 6.38. The second-order valence-electron chi connectivity index (χ2n) is 7.80. The van der Waals surface area contributed by atoms with Crippen LogP contribution in [0.25, 0.3) is 0 Å². The van der Waals surface area contributed by atoms with Gasteiger partial charge in [0.25, 0.3) is 5.91 Å². The number of carbonyl (C=O) groups is 2. The number of anilines is 1. The van der Waals surface area contributed by atoms with Crippen LogP contribution in [0.5, 0.6) is 0 Å². The molecule has 31 heavy (non-hydrogen) atoms. The molecule has 0 saturated carbocycles. The molecular weight excluding hydrogens is 386 g/mol. The van der Waals surface area contributed by atoms with Gasteiger partial charge < -0.3 is 15.5 Å². The van der Waals surface area contributed by atoms with Gasteiger partial charge in [0.1, 0.15) is 6.04 Å². The average molecular weight is 416 g/mol. The summed E-state index contributed by atoms with van der Waals surface area (Å²) in [4.78, 5) is 26.8. The van der Waals surface area contributed by atoms with Crippen molar-refractivity contribution in [3.05, 3.63) is 101 Å². The minimum absolute atomic E-state index is 0.0190. The third-order valence-electron chi connectivity index (χ3n) is 5.06. The molecule has 0 aliphatic heterocycles. The molecule has 2 N–H and O–H groups in total. The first-order valence-corrected chi connectivity index (χ1v) is 10.4. The van der Waals surface area contributed by atoms with Crippen LogP contribution in [0, 0.1) is 6.92 Å². The quantitative estimate of drug-likeness (QED) is 0.579. The maximum absolute atomic E-state index is 13.0. The maximum Gasteiger partial charge on any atom is 0.253 e. The van der Waals surface area contributed by atoms with E-state index in [0.29, 0.717) is 18.5 Å². The number of carbonyl (C=O) groups excluding carboxylic acids is 2. The highest BCUT2D eigenvalue weighted by molar-refractivity contribution is 5.95. The fourth-order valence-electron chi connectivity index (χ4n) is 3.34. The summed E-state index contributed by atoms with van der Waals surface area (Å²) in [5.74, 6) is -0.124. The molecule has 0 spiro atoms. The maximum atomic E-state index is 13.0. The van der Waals surface area contributed by atoms with Gasteiger partial charge in [0, 0.05) is 31.9 Å². The summed E-state index contributed by atoms with van der Waals surface area (Å²) in [6, 6.07) is 24.6. The number of nitrogens with one attached hydrogen (secondary N) is 2. The minimum Gasteiger partial charge on any atom is -0.345 e. The number of amides is 2. The predicted octanol–water partition coefficient (Wildman–Crippen LogP) is 4.21. The van der Waals surface area contributed by atoms with Gasteiger partial charge in [0.05, 0.1) is 0 Å². The SMILES string of the molecule is Cc1ccc(NC(=O)C(NCCc2cccc(C(=O)N(C)C)c2)c2ccccc2)cc1. The van der Waals surface area contributed by atoms with Crippen LogP contribution in [0.15, 0.2) is 78.9 Å². The molecule has 0 saturated heterocycles. The minimum atomic E-state index is -0.478.